The molecule has 4 aromatic rings. The van der Waals surface area contributed by atoms with Gasteiger partial charge in [-0.15, -0.1) is 0 Å². The standard InChI is InChI=1S/C30H23BrClIN2O4S/c1-3-23-25(29(37)38-2)26(18-7-5-4-6-8-18)35-28(36)24(40-30(35)34-23)14-19-13-20(31)15-22(33)27(19)39-16-17-9-11-21(32)12-10-17/h4-15,26H,3,16H2,1-2H3/b24-14+/t26-/m1/s1. The highest BCUT2D eigenvalue weighted by molar-refractivity contribution is 14.1. The molecule has 3 aromatic carbocycles. The Morgan fingerprint density at radius 3 is 2.58 bits per heavy atom. The molecule has 1 aliphatic rings. The van der Waals surface area contributed by atoms with E-state index in [0.29, 0.717) is 44.4 Å². The molecule has 0 fully saturated rings. The number of nitrogens with zero attached hydrogens (tertiary/aromatic N) is 2. The van der Waals surface area contributed by atoms with E-state index >= 15 is 0 Å². The van der Waals surface area contributed by atoms with Crippen molar-refractivity contribution >= 4 is 73.5 Å². The first-order valence-electron chi connectivity index (χ1n) is 12.3. The van der Waals surface area contributed by atoms with E-state index in [1.54, 1.807) is 4.57 Å². The molecule has 1 atom stereocenters. The second-order valence-electron chi connectivity index (χ2n) is 8.92. The summed E-state index contributed by atoms with van der Waals surface area (Å²) in [5.74, 6) is 0.164. The Labute approximate surface area is 261 Å². The van der Waals surface area contributed by atoms with Gasteiger partial charge in [0.2, 0.25) is 0 Å². The summed E-state index contributed by atoms with van der Waals surface area (Å²) in [6.07, 6.45) is 2.34. The van der Waals surface area contributed by atoms with Gasteiger partial charge < -0.3 is 9.47 Å². The Balaban J connectivity index is 1.66. The average molecular weight is 750 g/mol. The number of allylic oxidation sites excluding steroid dienone is 1. The number of halogens is 3. The fraction of sp³-hybridized carbons (Fsp3) is 0.167. The molecule has 0 saturated heterocycles. The van der Waals surface area contributed by atoms with E-state index in [0.717, 1.165) is 24.7 Å². The lowest BCUT2D eigenvalue weighted by Gasteiger charge is -2.25. The zero-order valence-corrected chi connectivity index (χ0v) is 26.8. The molecule has 0 bridgehead atoms. The van der Waals surface area contributed by atoms with Crippen LogP contribution in [0.4, 0.5) is 0 Å². The predicted molar refractivity (Wildman–Crippen MR) is 169 cm³/mol. The number of carbonyl (C=O) groups excluding carboxylic acids is 1. The van der Waals surface area contributed by atoms with Gasteiger partial charge in [-0.3, -0.25) is 9.36 Å². The number of thiazole rings is 1. The fourth-order valence-electron chi connectivity index (χ4n) is 4.53. The molecule has 10 heteroatoms. The Kier molecular flexibility index (Phi) is 8.94. The van der Waals surface area contributed by atoms with Crippen LogP contribution in [0.1, 0.15) is 36.1 Å². The lowest BCUT2D eigenvalue weighted by Crippen LogP contribution is -2.40. The largest absolute Gasteiger partial charge is 0.487 e. The normalized spacial score (nSPS) is 15.0. The first-order chi connectivity index (χ1) is 19.3. The maximum atomic E-state index is 14.0. The smallest absolute Gasteiger partial charge is 0.338 e. The van der Waals surface area contributed by atoms with E-state index in [9.17, 15) is 9.59 Å². The first-order valence-corrected chi connectivity index (χ1v) is 15.4. The first kappa shape index (κ1) is 28.8. The molecule has 0 unspecified atom stereocenters. The summed E-state index contributed by atoms with van der Waals surface area (Å²) in [4.78, 5) is 32.2. The Morgan fingerprint density at radius 1 is 1.18 bits per heavy atom. The summed E-state index contributed by atoms with van der Waals surface area (Å²) in [5, 5.41) is 0.661. The van der Waals surface area contributed by atoms with Crippen molar-refractivity contribution in [3.05, 3.63) is 127 Å². The van der Waals surface area contributed by atoms with Crippen molar-refractivity contribution in [3.63, 3.8) is 0 Å². The lowest BCUT2D eigenvalue weighted by atomic mass is 9.95. The number of carbonyl (C=O) groups is 1. The second-order valence-corrected chi connectivity index (χ2v) is 12.4. The minimum absolute atomic E-state index is 0.243. The molecule has 0 amide bonds. The van der Waals surface area contributed by atoms with Crippen molar-refractivity contribution < 1.29 is 14.3 Å². The van der Waals surface area contributed by atoms with Crippen LogP contribution >= 0.6 is 61.5 Å². The van der Waals surface area contributed by atoms with Crippen LogP contribution in [0.15, 0.2) is 92.3 Å². The van der Waals surface area contributed by atoms with Gasteiger partial charge in [0.05, 0.1) is 32.5 Å². The van der Waals surface area contributed by atoms with Gasteiger partial charge in [-0.05, 0) is 70.5 Å². The van der Waals surface area contributed by atoms with E-state index in [-0.39, 0.29) is 5.56 Å². The highest BCUT2D eigenvalue weighted by atomic mass is 127. The maximum Gasteiger partial charge on any atom is 0.338 e. The van der Waals surface area contributed by atoms with Crippen LogP contribution in [0.2, 0.25) is 5.02 Å². The van der Waals surface area contributed by atoms with E-state index in [1.165, 1.54) is 18.4 Å². The number of hydrogen-bond donors (Lipinski definition) is 0. The average Bonchev–Trinajstić information content (AvgIpc) is 3.26. The molecule has 0 radical (unpaired) electrons. The number of benzene rings is 3. The van der Waals surface area contributed by atoms with Crippen molar-refractivity contribution in [2.75, 3.05) is 7.11 Å². The third-order valence-electron chi connectivity index (χ3n) is 6.39. The van der Waals surface area contributed by atoms with Gasteiger partial charge in [-0.2, -0.15) is 0 Å². The van der Waals surface area contributed by atoms with Gasteiger partial charge in [0.25, 0.3) is 5.56 Å². The molecule has 2 heterocycles. The molecular weight excluding hydrogens is 727 g/mol. The van der Waals surface area contributed by atoms with Crippen LogP contribution in [0.5, 0.6) is 5.75 Å². The molecule has 0 N–H and O–H groups in total. The number of fused-ring (bicyclic) bond motifs is 1. The predicted octanol–water partition coefficient (Wildman–Crippen LogP) is 6.40. The molecule has 40 heavy (non-hydrogen) atoms. The topological polar surface area (TPSA) is 69.9 Å². The van der Waals surface area contributed by atoms with E-state index in [2.05, 4.69) is 38.5 Å². The number of methoxy groups -OCH3 is 1. The van der Waals surface area contributed by atoms with Gasteiger partial charge in [0, 0.05) is 15.1 Å². The third-order valence-corrected chi connectivity index (χ3v) is 8.88. The van der Waals surface area contributed by atoms with E-state index in [4.69, 9.17) is 26.1 Å². The number of ether oxygens (including phenoxy) is 2. The summed E-state index contributed by atoms with van der Waals surface area (Å²) >= 11 is 13.1. The molecule has 0 aliphatic carbocycles. The molecule has 1 aromatic heterocycles. The maximum absolute atomic E-state index is 14.0. The fourth-order valence-corrected chi connectivity index (χ4v) is 7.37. The van der Waals surface area contributed by atoms with Gasteiger partial charge in [-0.25, -0.2) is 9.79 Å². The van der Waals surface area contributed by atoms with Gasteiger partial charge >= 0.3 is 5.97 Å². The summed E-state index contributed by atoms with van der Waals surface area (Å²) in [7, 11) is 1.34. The van der Waals surface area contributed by atoms with Crippen LogP contribution in [0.25, 0.3) is 6.08 Å². The van der Waals surface area contributed by atoms with Gasteiger partial charge in [0.15, 0.2) is 4.80 Å². The molecular formula is C30H23BrClIN2O4S. The number of hydrogen-bond acceptors (Lipinski definition) is 6. The SMILES string of the molecule is CCC1=C(C(=O)OC)[C@@H](c2ccccc2)n2c(s/c(=C/c3cc(Br)cc(I)c3OCc3ccc(Cl)cc3)c2=O)=N1. The van der Waals surface area contributed by atoms with Crippen molar-refractivity contribution in [1.82, 2.24) is 4.57 Å². The molecule has 204 valence electrons. The minimum atomic E-state index is -0.648. The van der Waals surface area contributed by atoms with Crippen LogP contribution in [0.3, 0.4) is 0 Å². The van der Waals surface area contributed by atoms with Crippen molar-refractivity contribution in [2.45, 2.75) is 26.0 Å². The minimum Gasteiger partial charge on any atom is -0.487 e. The zero-order chi connectivity index (χ0) is 28.4. The molecule has 5 rings (SSSR count). The molecule has 1 aliphatic heterocycles. The zero-order valence-electron chi connectivity index (χ0n) is 21.5. The quantitative estimate of drug-likeness (QED) is 0.162. The summed E-state index contributed by atoms with van der Waals surface area (Å²) in [6.45, 7) is 2.28. The number of aromatic nitrogens is 1. The van der Waals surface area contributed by atoms with Crippen LogP contribution in [0, 0.1) is 3.57 Å². The summed E-state index contributed by atoms with van der Waals surface area (Å²) in [6, 6.07) is 20.2. The third kappa shape index (κ3) is 5.83. The van der Waals surface area contributed by atoms with E-state index < -0.39 is 12.0 Å². The van der Waals surface area contributed by atoms with Crippen molar-refractivity contribution in [2.24, 2.45) is 4.99 Å². The Morgan fingerprint density at radius 2 is 1.90 bits per heavy atom. The number of rotatable bonds is 7. The number of esters is 1. The second kappa shape index (κ2) is 12.4. The van der Waals surface area contributed by atoms with Crippen molar-refractivity contribution in [1.29, 1.82) is 0 Å². The summed E-state index contributed by atoms with van der Waals surface area (Å²) in [5.41, 5.74) is 3.26. The molecule has 0 spiro atoms. The highest BCUT2D eigenvalue weighted by Gasteiger charge is 2.33. The van der Waals surface area contributed by atoms with Gasteiger partial charge in [0.1, 0.15) is 12.4 Å². The summed E-state index contributed by atoms with van der Waals surface area (Å²) < 4.78 is 15.2. The Bertz CT molecular complexity index is 1800. The molecule has 0 saturated carbocycles. The highest BCUT2D eigenvalue weighted by Crippen LogP contribution is 2.33. The van der Waals surface area contributed by atoms with Crippen LogP contribution in [-0.2, 0) is 16.1 Å². The van der Waals surface area contributed by atoms with Crippen LogP contribution < -0.4 is 19.6 Å². The van der Waals surface area contributed by atoms with Gasteiger partial charge in [-0.1, -0.05) is 88.3 Å². The van der Waals surface area contributed by atoms with E-state index in [1.807, 2.05) is 79.7 Å². The lowest BCUT2D eigenvalue weighted by molar-refractivity contribution is -0.136. The monoisotopic (exact) mass is 748 g/mol. The molecule has 6 nitrogen and oxygen atoms in total. The van der Waals surface area contributed by atoms with Crippen LogP contribution in [-0.4, -0.2) is 17.6 Å². The Hall–Kier alpha value is -2.73. The van der Waals surface area contributed by atoms with Crippen molar-refractivity contribution in [3.8, 4) is 5.75 Å².